The first-order chi connectivity index (χ1) is 12.3. The molecule has 0 aliphatic rings. The molecule has 0 fully saturated rings. The first-order valence-electron chi connectivity index (χ1n) is 8.01. The first kappa shape index (κ1) is 17.4. The molecule has 0 aliphatic carbocycles. The average molecular weight is 351 g/mol. The number of carbonyl (C=O) groups is 2. The zero-order chi connectivity index (χ0) is 18.8. The van der Waals surface area contributed by atoms with E-state index in [0.29, 0.717) is 22.2 Å². The number of carbonyl (C=O) groups excluding carboxylic acids is 2. The lowest BCUT2D eigenvalue weighted by Crippen LogP contribution is -2.20. The van der Waals surface area contributed by atoms with Crippen molar-refractivity contribution < 1.29 is 19.1 Å². The minimum absolute atomic E-state index is 0.000416. The Balaban J connectivity index is 1.84. The van der Waals surface area contributed by atoms with Gasteiger partial charge in [-0.25, -0.2) is 4.79 Å². The number of aryl methyl sites for hydroxylation is 1. The van der Waals surface area contributed by atoms with Crippen LogP contribution in [0.25, 0.3) is 11.0 Å². The second kappa shape index (κ2) is 6.84. The lowest BCUT2D eigenvalue weighted by molar-refractivity contribution is -0.115. The van der Waals surface area contributed by atoms with E-state index in [2.05, 4.69) is 5.32 Å². The molecule has 0 aliphatic heterocycles. The number of fused-ring (bicyclic) bond motifs is 1. The number of benzene rings is 2. The SMILES string of the molecule is CC(=O)c1ccc(NC(=O)Cc2c(C)c3ccc(O)cc3oc2=O)cc1. The van der Waals surface area contributed by atoms with Gasteiger partial charge in [-0.3, -0.25) is 9.59 Å². The Morgan fingerprint density at radius 3 is 2.46 bits per heavy atom. The van der Waals surface area contributed by atoms with Gasteiger partial charge in [0, 0.05) is 22.7 Å². The summed E-state index contributed by atoms with van der Waals surface area (Å²) in [5, 5.41) is 12.9. The highest BCUT2D eigenvalue weighted by Gasteiger charge is 2.15. The summed E-state index contributed by atoms with van der Waals surface area (Å²) < 4.78 is 5.21. The lowest BCUT2D eigenvalue weighted by atomic mass is 10.0. The van der Waals surface area contributed by atoms with E-state index in [4.69, 9.17) is 4.42 Å². The monoisotopic (exact) mass is 351 g/mol. The van der Waals surface area contributed by atoms with Gasteiger partial charge in [0.05, 0.1) is 12.0 Å². The maximum atomic E-state index is 12.3. The molecule has 26 heavy (non-hydrogen) atoms. The number of phenols is 1. The third-order valence-electron chi connectivity index (χ3n) is 4.18. The fraction of sp³-hybridized carbons (Fsp3) is 0.150. The molecule has 1 aromatic heterocycles. The molecule has 0 saturated carbocycles. The highest BCUT2D eigenvalue weighted by atomic mass is 16.4. The molecule has 0 saturated heterocycles. The van der Waals surface area contributed by atoms with Crippen molar-refractivity contribution in [3.8, 4) is 5.75 Å². The number of ketones is 1. The van der Waals surface area contributed by atoms with E-state index in [1.165, 1.54) is 19.1 Å². The minimum Gasteiger partial charge on any atom is -0.508 e. The van der Waals surface area contributed by atoms with E-state index in [1.807, 2.05) is 0 Å². The number of amides is 1. The molecule has 1 amide bonds. The Morgan fingerprint density at radius 1 is 1.12 bits per heavy atom. The third kappa shape index (κ3) is 3.49. The van der Waals surface area contributed by atoms with Crippen molar-refractivity contribution in [3.05, 3.63) is 69.6 Å². The van der Waals surface area contributed by atoms with Crippen molar-refractivity contribution in [2.45, 2.75) is 20.3 Å². The summed E-state index contributed by atoms with van der Waals surface area (Å²) in [6.45, 7) is 3.20. The highest BCUT2D eigenvalue weighted by Crippen LogP contribution is 2.23. The van der Waals surface area contributed by atoms with Crippen LogP contribution < -0.4 is 10.9 Å². The molecule has 6 heteroatoms. The van der Waals surface area contributed by atoms with Gasteiger partial charge in [0.15, 0.2) is 5.78 Å². The maximum Gasteiger partial charge on any atom is 0.340 e. The quantitative estimate of drug-likeness (QED) is 0.556. The second-order valence-corrected chi connectivity index (χ2v) is 6.03. The van der Waals surface area contributed by atoms with Crippen LogP contribution in [0, 0.1) is 6.92 Å². The van der Waals surface area contributed by atoms with Gasteiger partial charge in [-0.2, -0.15) is 0 Å². The molecule has 0 bridgehead atoms. The molecular weight excluding hydrogens is 334 g/mol. The van der Waals surface area contributed by atoms with E-state index in [0.717, 1.165) is 0 Å². The second-order valence-electron chi connectivity index (χ2n) is 6.03. The number of hydrogen-bond acceptors (Lipinski definition) is 5. The van der Waals surface area contributed by atoms with E-state index in [1.54, 1.807) is 37.3 Å². The molecule has 0 unspecified atom stereocenters. The number of nitrogens with one attached hydrogen (secondary N) is 1. The average Bonchev–Trinajstić information content (AvgIpc) is 2.58. The Hall–Kier alpha value is -3.41. The van der Waals surface area contributed by atoms with Crippen molar-refractivity contribution >= 4 is 28.3 Å². The van der Waals surface area contributed by atoms with E-state index < -0.39 is 5.63 Å². The Morgan fingerprint density at radius 2 is 1.81 bits per heavy atom. The van der Waals surface area contributed by atoms with E-state index in [-0.39, 0.29) is 35.0 Å². The smallest absolute Gasteiger partial charge is 0.340 e. The van der Waals surface area contributed by atoms with Gasteiger partial charge in [0.25, 0.3) is 0 Å². The third-order valence-corrected chi connectivity index (χ3v) is 4.18. The summed E-state index contributed by atoms with van der Waals surface area (Å²) in [5.74, 6) is -0.424. The molecule has 6 nitrogen and oxygen atoms in total. The van der Waals surface area contributed by atoms with Crippen molar-refractivity contribution in [1.82, 2.24) is 0 Å². The van der Waals surface area contributed by atoms with Crippen LogP contribution in [0.15, 0.2) is 51.7 Å². The Kier molecular flexibility index (Phi) is 4.58. The van der Waals surface area contributed by atoms with Crippen LogP contribution >= 0.6 is 0 Å². The number of hydrogen-bond donors (Lipinski definition) is 2. The lowest BCUT2D eigenvalue weighted by Gasteiger charge is -2.09. The maximum absolute atomic E-state index is 12.3. The van der Waals surface area contributed by atoms with Crippen LogP contribution in [0.5, 0.6) is 5.75 Å². The topological polar surface area (TPSA) is 96.6 Å². The summed E-state index contributed by atoms with van der Waals surface area (Å²) in [6, 6.07) is 11.0. The molecule has 132 valence electrons. The van der Waals surface area contributed by atoms with Crippen LogP contribution in [0.3, 0.4) is 0 Å². The Labute approximate surface area is 149 Å². The molecule has 0 spiro atoms. The van der Waals surface area contributed by atoms with Crippen LogP contribution in [-0.4, -0.2) is 16.8 Å². The summed E-state index contributed by atoms with van der Waals surface area (Å²) in [7, 11) is 0. The van der Waals surface area contributed by atoms with E-state index in [9.17, 15) is 19.5 Å². The number of anilines is 1. The molecule has 2 aromatic carbocycles. The van der Waals surface area contributed by atoms with Gasteiger partial charge < -0.3 is 14.8 Å². The van der Waals surface area contributed by atoms with Crippen LogP contribution in [0.2, 0.25) is 0 Å². The number of phenolic OH excluding ortho intramolecular Hbond substituents is 1. The van der Waals surface area contributed by atoms with Gasteiger partial charge in [-0.15, -0.1) is 0 Å². The molecule has 0 atom stereocenters. The fourth-order valence-corrected chi connectivity index (χ4v) is 2.74. The molecule has 3 rings (SSSR count). The minimum atomic E-state index is -0.609. The van der Waals surface area contributed by atoms with Gasteiger partial charge in [0.2, 0.25) is 5.91 Å². The Bertz CT molecular complexity index is 1060. The fourth-order valence-electron chi connectivity index (χ4n) is 2.74. The van der Waals surface area contributed by atoms with Crippen molar-refractivity contribution in [2.24, 2.45) is 0 Å². The predicted molar refractivity (Wildman–Crippen MR) is 97.7 cm³/mol. The standard InChI is InChI=1S/C20H17NO5/c1-11-16-8-7-15(23)9-18(16)26-20(25)17(11)10-19(24)21-14-5-3-13(4-6-14)12(2)22/h3-9,23H,10H2,1-2H3,(H,21,24). The van der Waals surface area contributed by atoms with Crippen molar-refractivity contribution in [3.63, 3.8) is 0 Å². The molecule has 1 heterocycles. The first-order valence-corrected chi connectivity index (χ1v) is 8.01. The van der Waals surface area contributed by atoms with Crippen LogP contribution in [0.1, 0.15) is 28.4 Å². The summed E-state index contributed by atoms with van der Waals surface area (Å²) in [4.78, 5) is 35.8. The van der Waals surface area contributed by atoms with Gasteiger partial charge in [0.1, 0.15) is 11.3 Å². The zero-order valence-electron chi connectivity index (χ0n) is 14.3. The van der Waals surface area contributed by atoms with Gasteiger partial charge >= 0.3 is 5.63 Å². The van der Waals surface area contributed by atoms with E-state index >= 15 is 0 Å². The summed E-state index contributed by atoms with van der Waals surface area (Å²) >= 11 is 0. The molecule has 0 radical (unpaired) electrons. The normalized spacial score (nSPS) is 10.7. The predicted octanol–water partition coefficient (Wildman–Crippen LogP) is 3.19. The number of rotatable bonds is 4. The highest BCUT2D eigenvalue weighted by molar-refractivity contribution is 5.96. The summed E-state index contributed by atoms with van der Waals surface area (Å²) in [6.07, 6.45) is -0.139. The number of aromatic hydroxyl groups is 1. The van der Waals surface area contributed by atoms with Gasteiger partial charge in [-0.1, -0.05) is 0 Å². The molecule has 3 aromatic rings. The van der Waals surface area contributed by atoms with Gasteiger partial charge in [-0.05, 0) is 55.8 Å². The van der Waals surface area contributed by atoms with Crippen molar-refractivity contribution in [1.29, 1.82) is 0 Å². The zero-order valence-corrected chi connectivity index (χ0v) is 14.3. The largest absolute Gasteiger partial charge is 0.508 e. The summed E-state index contributed by atoms with van der Waals surface area (Å²) in [5.41, 5.74) is 1.66. The van der Waals surface area contributed by atoms with Crippen LogP contribution in [-0.2, 0) is 11.2 Å². The van der Waals surface area contributed by atoms with Crippen molar-refractivity contribution in [2.75, 3.05) is 5.32 Å². The molecular formula is C20H17NO5. The van der Waals surface area contributed by atoms with Crippen LogP contribution in [0.4, 0.5) is 5.69 Å². The molecule has 2 N–H and O–H groups in total. The number of Topliss-reactive ketones (excluding diaryl/α,β-unsaturated/α-hetero) is 1.